The summed E-state index contributed by atoms with van der Waals surface area (Å²) in [5, 5.41) is 17.5. The van der Waals surface area contributed by atoms with Crippen LogP contribution in [0.1, 0.15) is 32.9 Å². The van der Waals surface area contributed by atoms with E-state index in [1.165, 1.54) is 5.56 Å². The summed E-state index contributed by atoms with van der Waals surface area (Å²) in [5.41, 5.74) is 4.58. The standard InChI is InChI=1S/C22H21N7O3/c1-13-7-17(28-32-13)10-24-21(30)14-3-2-4-16(8-14)26-22(31)29-6-5-18-15(12-29)9-23-20-19(18)11-25-27-20/h2-4,7-9,11H,5-6,10,12H2,1H3,(H,24,30)(H,26,31)(H,23,25,27). The third-order valence-corrected chi connectivity index (χ3v) is 5.44. The summed E-state index contributed by atoms with van der Waals surface area (Å²) in [6, 6.07) is 8.37. The van der Waals surface area contributed by atoms with Crippen molar-refractivity contribution < 1.29 is 14.1 Å². The number of rotatable bonds is 4. The van der Waals surface area contributed by atoms with Crippen LogP contribution < -0.4 is 10.6 Å². The van der Waals surface area contributed by atoms with Crippen LogP contribution in [0.4, 0.5) is 10.5 Å². The van der Waals surface area contributed by atoms with Crippen LogP contribution in [0.25, 0.3) is 11.0 Å². The van der Waals surface area contributed by atoms with Crippen molar-refractivity contribution in [3.63, 3.8) is 0 Å². The zero-order chi connectivity index (χ0) is 22.1. The Morgan fingerprint density at radius 2 is 2.16 bits per heavy atom. The molecule has 10 nitrogen and oxygen atoms in total. The van der Waals surface area contributed by atoms with Crippen LogP contribution in [-0.4, -0.2) is 43.7 Å². The van der Waals surface area contributed by atoms with Gasteiger partial charge in [-0.15, -0.1) is 0 Å². The number of urea groups is 1. The maximum atomic E-state index is 12.8. The Hall–Kier alpha value is -4.21. The molecule has 4 aromatic rings. The highest BCUT2D eigenvalue weighted by Crippen LogP contribution is 2.25. The summed E-state index contributed by atoms with van der Waals surface area (Å²) in [5.74, 6) is 0.424. The third-order valence-electron chi connectivity index (χ3n) is 5.44. The molecule has 0 saturated carbocycles. The molecule has 5 rings (SSSR count). The topological polar surface area (TPSA) is 129 Å². The highest BCUT2D eigenvalue weighted by atomic mass is 16.5. The zero-order valence-corrected chi connectivity index (χ0v) is 17.4. The van der Waals surface area contributed by atoms with Gasteiger partial charge >= 0.3 is 6.03 Å². The van der Waals surface area contributed by atoms with Crippen molar-refractivity contribution in [2.75, 3.05) is 11.9 Å². The number of hydrogen-bond acceptors (Lipinski definition) is 6. The molecule has 0 bridgehead atoms. The van der Waals surface area contributed by atoms with Gasteiger partial charge in [0.2, 0.25) is 0 Å². The molecule has 162 valence electrons. The first-order chi connectivity index (χ1) is 15.6. The predicted octanol–water partition coefficient (Wildman–Crippen LogP) is 2.77. The van der Waals surface area contributed by atoms with E-state index in [9.17, 15) is 9.59 Å². The summed E-state index contributed by atoms with van der Waals surface area (Å²) in [4.78, 5) is 31.4. The van der Waals surface area contributed by atoms with Gasteiger partial charge in [-0.05, 0) is 42.7 Å². The highest BCUT2D eigenvalue weighted by Gasteiger charge is 2.23. The van der Waals surface area contributed by atoms with Crippen molar-refractivity contribution in [1.29, 1.82) is 0 Å². The fourth-order valence-electron chi connectivity index (χ4n) is 3.84. The second-order valence-electron chi connectivity index (χ2n) is 7.69. The molecule has 0 radical (unpaired) electrons. The smallest absolute Gasteiger partial charge is 0.322 e. The lowest BCUT2D eigenvalue weighted by Gasteiger charge is -2.29. The lowest BCUT2D eigenvalue weighted by Crippen LogP contribution is -2.39. The molecule has 0 unspecified atom stereocenters. The van der Waals surface area contributed by atoms with Gasteiger partial charge < -0.3 is 20.1 Å². The SMILES string of the molecule is Cc1cc(CNC(=O)c2cccc(NC(=O)N3CCc4c(cnc5[nH]ncc45)C3)c2)no1. The van der Waals surface area contributed by atoms with E-state index in [0.717, 1.165) is 23.0 Å². The van der Waals surface area contributed by atoms with Crippen LogP contribution in [-0.2, 0) is 19.5 Å². The number of fused-ring (bicyclic) bond motifs is 3. The Balaban J connectivity index is 1.23. The van der Waals surface area contributed by atoms with E-state index in [2.05, 4.69) is 31.0 Å². The maximum absolute atomic E-state index is 12.8. The number of aromatic amines is 1. The second kappa shape index (κ2) is 8.14. The molecule has 1 aromatic carbocycles. The minimum atomic E-state index is -0.260. The molecular formula is C22H21N7O3. The van der Waals surface area contributed by atoms with Gasteiger partial charge in [-0.25, -0.2) is 9.78 Å². The molecule has 32 heavy (non-hydrogen) atoms. The van der Waals surface area contributed by atoms with Crippen LogP contribution >= 0.6 is 0 Å². The number of carbonyl (C=O) groups is 2. The molecule has 0 aliphatic carbocycles. The van der Waals surface area contributed by atoms with E-state index >= 15 is 0 Å². The van der Waals surface area contributed by atoms with Gasteiger partial charge in [0.15, 0.2) is 5.65 Å². The molecule has 0 fully saturated rings. The number of aromatic nitrogens is 4. The summed E-state index contributed by atoms with van der Waals surface area (Å²) in [6.45, 7) is 3.10. The predicted molar refractivity (Wildman–Crippen MR) is 116 cm³/mol. The van der Waals surface area contributed by atoms with Crippen molar-refractivity contribution in [3.8, 4) is 0 Å². The molecule has 1 aliphatic heterocycles. The quantitative estimate of drug-likeness (QED) is 0.456. The largest absolute Gasteiger partial charge is 0.361 e. The average Bonchev–Trinajstić information content (AvgIpc) is 3.46. The van der Waals surface area contributed by atoms with Crippen LogP contribution in [0.2, 0.25) is 0 Å². The highest BCUT2D eigenvalue weighted by molar-refractivity contribution is 5.97. The molecular weight excluding hydrogens is 410 g/mol. The lowest BCUT2D eigenvalue weighted by atomic mass is 9.99. The zero-order valence-electron chi connectivity index (χ0n) is 17.4. The van der Waals surface area contributed by atoms with Gasteiger partial charge in [0.05, 0.1) is 12.7 Å². The fourth-order valence-corrected chi connectivity index (χ4v) is 3.84. The Morgan fingerprint density at radius 1 is 1.25 bits per heavy atom. The molecule has 10 heteroatoms. The number of carbonyl (C=O) groups excluding carboxylic acids is 2. The molecule has 0 atom stereocenters. The van der Waals surface area contributed by atoms with Crippen LogP contribution in [0.15, 0.2) is 47.2 Å². The van der Waals surface area contributed by atoms with E-state index in [-0.39, 0.29) is 18.5 Å². The van der Waals surface area contributed by atoms with Gasteiger partial charge in [0, 0.05) is 42.0 Å². The number of pyridine rings is 1. The number of aryl methyl sites for hydroxylation is 1. The monoisotopic (exact) mass is 431 g/mol. The minimum Gasteiger partial charge on any atom is -0.361 e. The molecule has 0 spiro atoms. The van der Waals surface area contributed by atoms with Crippen molar-refractivity contribution in [1.82, 2.24) is 30.6 Å². The number of amides is 3. The normalized spacial score (nSPS) is 13.1. The van der Waals surface area contributed by atoms with Gasteiger partial charge in [-0.1, -0.05) is 11.2 Å². The second-order valence-corrected chi connectivity index (χ2v) is 7.69. The van der Waals surface area contributed by atoms with Crippen molar-refractivity contribution in [2.45, 2.75) is 26.4 Å². The first-order valence-corrected chi connectivity index (χ1v) is 10.2. The van der Waals surface area contributed by atoms with Crippen molar-refractivity contribution in [3.05, 3.63) is 70.9 Å². The Kier molecular flexibility index (Phi) is 5.02. The maximum Gasteiger partial charge on any atom is 0.322 e. The first-order valence-electron chi connectivity index (χ1n) is 10.2. The number of H-pyrrole nitrogens is 1. The fraction of sp³-hybridized carbons (Fsp3) is 0.227. The van der Waals surface area contributed by atoms with Crippen LogP contribution in [0.5, 0.6) is 0 Å². The summed E-state index contributed by atoms with van der Waals surface area (Å²) < 4.78 is 5.00. The van der Waals surface area contributed by atoms with Gasteiger partial charge in [-0.3, -0.25) is 9.89 Å². The van der Waals surface area contributed by atoms with E-state index in [1.807, 2.05) is 0 Å². The third kappa shape index (κ3) is 3.89. The van der Waals surface area contributed by atoms with E-state index < -0.39 is 0 Å². The molecule has 3 aromatic heterocycles. The van der Waals surface area contributed by atoms with E-state index in [0.29, 0.717) is 35.8 Å². The van der Waals surface area contributed by atoms with Crippen LogP contribution in [0.3, 0.4) is 0 Å². The summed E-state index contributed by atoms with van der Waals surface area (Å²) in [6.07, 6.45) is 4.29. The number of anilines is 1. The van der Waals surface area contributed by atoms with Crippen molar-refractivity contribution in [2.24, 2.45) is 0 Å². The number of nitrogens with zero attached hydrogens (tertiary/aromatic N) is 4. The van der Waals surface area contributed by atoms with E-state index in [1.54, 1.807) is 54.5 Å². The molecule has 0 saturated heterocycles. The molecule has 3 N–H and O–H groups in total. The van der Waals surface area contributed by atoms with Gasteiger partial charge in [-0.2, -0.15) is 5.10 Å². The molecule has 1 aliphatic rings. The van der Waals surface area contributed by atoms with Gasteiger partial charge in [0.25, 0.3) is 5.91 Å². The lowest BCUT2D eigenvalue weighted by molar-refractivity contribution is 0.0950. The minimum absolute atomic E-state index is 0.224. The summed E-state index contributed by atoms with van der Waals surface area (Å²) >= 11 is 0. The number of nitrogens with one attached hydrogen (secondary N) is 3. The molecule has 4 heterocycles. The van der Waals surface area contributed by atoms with Crippen molar-refractivity contribution >= 4 is 28.7 Å². The summed E-state index contributed by atoms with van der Waals surface area (Å²) in [7, 11) is 0. The first kappa shape index (κ1) is 19.7. The van der Waals surface area contributed by atoms with Crippen LogP contribution in [0, 0.1) is 6.92 Å². The Morgan fingerprint density at radius 3 is 3.00 bits per heavy atom. The Bertz CT molecular complexity index is 1310. The Labute approximate surface area is 183 Å². The number of benzene rings is 1. The van der Waals surface area contributed by atoms with E-state index in [4.69, 9.17) is 4.52 Å². The molecule has 3 amide bonds. The number of hydrogen-bond donors (Lipinski definition) is 3. The average molecular weight is 431 g/mol. The van der Waals surface area contributed by atoms with Gasteiger partial charge in [0.1, 0.15) is 11.5 Å².